The van der Waals surface area contributed by atoms with Crippen molar-refractivity contribution >= 4 is 17.5 Å². The zero-order chi connectivity index (χ0) is 20.8. The molecular weight excluding hydrogens is 370 g/mol. The SMILES string of the molecule is CC(C)CC(=O)Nc1ccc([C@H]2OCC(=O)N(Cc3cccnc3)[C@@H]2CO)cc1. The van der Waals surface area contributed by atoms with Gasteiger partial charge in [-0.15, -0.1) is 0 Å². The summed E-state index contributed by atoms with van der Waals surface area (Å²) in [6.07, 6.45) is 3.40. The van der Waals surface area contributed by atoms with Crippen LogP contribution in [0.3, 0.4) is 0 Å². The number of aliphatic hydroxyl groups excluding tert-OH is 1. The summed E-state index contributed by atoms with van der Waals surface area (Å²) in [6.45, 7) is 4.09. The molecule has 1 aliphatic rings. The summed E-state index contributed by atoms with van der Waals surface area (Å²) in [4.78, 5) is 30.1. The number of benzene rings is 1. The van der Waals surface area contributed by atoms with Crippen LogP contribution in [-0.4, -0.2) is 46.1 Å². The summed E-state index contributed by atoms with van der Waals surface area (Å²) < 4.78 is 5.77. The number of aromatic nitrogens is 1. The Labute approximate surface area is 170 Å². The highest BCUT2D eigenvalue weighted by molar-refractivity contribution is 5.90. The van der Waals surface area contributed by atoms with Crippen molar-refractivity contribution in [3.05, 3.63) is 59.9 Å². The predicted molar refractivity (Wildman–Crippen MR) is 109 cm³/mol. The van der Waals surface area contributed by atoms with E-state index in [1.165, 1.54) is 0 Å². The summed E-state index contributed by atoms with van der Waals surface area (Å²) in [6, 6.07) is 10.6. The molecule has 7 heteroatoms. The van der Waals surface area contributed by atoms with E-state index < -0.39 is 12.1 Å². The van der Waals surface area contributed by atoms with E-state index in [0.29, 0.717) is 24.6 Å². The molecule has 0 bridgehead atoms. The molecular formula is C22H27N3O4. The molecule has 0 spiro atoms. The maximum Gasteiger partial charge on any atom is 0.249 e. The van der Waals surface area contributed by atoms with E-state index in [1.54, 1.807) is 17.3 Å². The van der Waals surface area contributed by atoms with Crippen LogP contribution in [0, 0.1) is 5.92 Å². The van der Waals surface area contributed by atoms with Crippen LogP contribution in [0.15, 0.2) is 48.8 Å². The highest BCUT2D eigenvalue weighted by atomic mass is 16.5. The van der Waals surface area contributed by atoms with Crippen LogP contribution < -0.4 is 5.32 Å². The van der Waals surface area contributed by atoms with Gasteiger partial charge in [0, 0.05) is 31.0 Å². The summed E-state index contributed by atoms with van der Waals surface area (Å²) in [5, 5.41) is 12.9. The van der Waals surface area contributed by atoms with Crippen molar-refractivity contribution in [2.75, 3.05) is 18.5 Å². The van der Waals surface area contributed by atoms with Crippen LogP contribution >= 0.6 is 0 Å². The van der Waals surface area contributed by atoms with Crippen LogP contribution in [0.25, 0.3) is 0 Å². The van der Waals surface area contributed by atoms with Crippen molar-refractivity contribution in [1.82, 2.24) is 9.88 Å². The van der Waals surface area contributed by atoms with Gasteiger partial charge in [-0.3, -0.25) is 14.6 Å². The van der Waals surface area contributed by atoms with Gasteiger partial charge in [-0.25, -0.2) is 0 Å². The van der Waals surface area contributed by atoms with Crippen LogP contribution in [0.1, 0.15) is 37.5 Å². The van der Waals surface area contributed by atoms with Crippen molar-refractivity contribution < 1.29 is 19.4 Å². The largest absolute Gasteiger partial charge is 0.394 e. The maximum atomic E-state index is 12.4. The summed E-state index contributed by atoms with van der Waals surface area (Å²) in [5.74, 6) is 0.100. The van der Waals surface area contributed by atoms with E-state index >= 15 is 0 Å². The lowest BCUT2D eigenvalue weighted by molar-refractivity contribution is -0.162. The molecule has 1 aromatic heterocycles. The van der Waals surface area contributed by atoms with Gasteiger partial charge in [0.05, 0.1) is 12.6 Å². The number of hydrogen-bond donors (Lipinski definition) is 2. The lowest BCUT2D eigenvalue weighted by Crippen LogP contribution is -2.52. The number of carbonyl (C=O) groups excluding carboxylic acids is 2. The average Bonchev–Trinajstić information content (AvgIpc) is 2.70. The normalized spacial score (nSPS) is 19.4. The zero-order valence-corrected chi connectivity index (χ0v) is 16.7. The first-order chi connectivity index (χ1) is 14.0. The summed E-state index contributed by atoms with van der Waals surface area (Å²) >= 11 is 0. The number of ether oxygens (including phenoxy) is 1. The van der Waals surface area contributed by atoms with E-state index in [2.05, 4.69) is 10.3 Å². The third kappa shape index (κ3) is 5.40. The van der Waals surface area contributed by atoms with Crippen LogP contribution in [0.2, 0.25) is 0 Å². The van der Waals surface area contributed by atoms with Gasteiger partial charge < -0.3 is 20.1 Å². The zero-order valence-electron chi connectivity index (χ0n) is 16.7. The fraction of sp³-hybridized carbons (Fsp3) is 0.409. The number of pyridine rings is 1. The van der Waals surface area contributed by atoms with Crippen LogP contribution in [0.4, 0.5) is 5.69 Å². The number of anilines is 1. The lowest BCUT2D eigenvalue weighted by atomic mass is 9.98. The second-order valence-corrected chi connectivity index (χ2v) is 7.63. The predicted octanol–water partition coefficient (Wildman–Crippen LogP) is 2.53. The van der Waals surface area contributed by atoms with E-state index in [1.807, 2.05) is 50.2 Å². The van der Waals surface area contributed by atoms with Gasteiger partial charge in [-0.05, 0) is 35.2 Å². The molecule has 1 aliphatic heterocycles. The first-order valence-corrected chi connectivity index (χ1v) is 9.78. The van der Waals surface area contributed by atoms with Crippen molar-refractivity contribution in [2.45, 2.75) is 39.0 Å². The highest BCUT2D eigenvalue weighted by Crippen LogP contribution is 2.30. The fourth-order valence-corrected chi connectivity index (χ4v) is 3.45. The average molecular weight is 397 g/mol. The molecule has 154 valence electrons. The van der Waals surface area contributed by atoms with Crippen LogP contribution in [0.5, 0.6) is 0 Å². The molecule has 2 N–H and O–H groups in total. The van der Waals surface area contributed by atoms with Gasteiger partial charge in [0.25, 0.3) is 0 Å². The minimum Gasteiger partial charge on any atom is -0.394 e. The van der Waals surface area contributed by atoms with Gasteiger partial charge in [0.15, 0.2) is 0 Å². The van der Waals surface area contributed by atoms with Gasteiger partial charge in [-0.2, -0.15) is 0 Å². The Kier molecular flexibility index (Phi) is 6.95. The minimum absolute atomic E-state index is 0.0249. The molecule has 0 saturated carbocycles. The van der Waals surface area contributed by atoms with Crippen molar-refractivity contribution in [3.63, 3.8) is 0 Å². The fourth-order valence-electron chi connectivity index (χ4n) is 3.45. The highest BCUT2D eigenvalue weighted by Gasteiger charge is 2.37. The second-order valence-electron chi connectivity index (χ2n) is 7.63. The molecule has 3 rings (SSSR count). The molecule has 2 heterocycles. The Bertz CT molecular complexity index is 824. The molecule has 0 unspecified atom stereocenters. The van der Waals surface area contributed by atoms with E-state index in [-0.39, 0.29) is 25.0 Å². The number of hydrogen-bond acceptors (Lipinski definition) is 5. The van der Waals surface area contributed by atoms with E-state index in [4.69, 9.17) is 4.74 Å². The Hall–Kier alpha value is -2.77. The molecule has 7 nitrogen and oxygen atoms in total. The summed E-state index contributed by atoms with van der Waals surface area (Å²) in [7, 11) is 0. The Morgan fingerprint density at radius 2 is 2.07 bits per heavy atom. The standard InChI is InChI=1S/C22H27N3O4/c1-15(2)10-20(27)24-18-7-5-17(6-8-18)22-19(13-26)25(21(28)14-29-22)12-16-4-3-9-23-11-16/h3-9,11,15,19,22,26H,10,12-14H2,1-2H3,(H,24,27)/t19-,22-/m1/s1. The first-order valence-electron chi connectivity index (χ1n) is 9.78. The molecule has 29 heavy (non-hydrogen) atoms. The third-order valence-electron chi connectivity index (χ3n) is 4.84. The first kappa shape index (κ1) is 21.0. The molecule has 2 aromatic rings. The number of amides is 2. The number of carbonyl (C=O) groups is 2. The molecule has 1 fully saturated rings. The number of rotatable bonds is 7. The quantitative estimate of drug-likeness (QED) is 0.749. The topological polar surface area (TPSA) is 91.8 Å². The number of morpholine rings is 1. The van der Waals surface area contributed by atoms with Gasteiger partial charge in [0.1, 0.15) is 12.7 Å². The minimum atomic E-state index is -0.502. The van der Waals surface area contributed by atoms with Gasteiger partial charge >= 0.3 is 0 Å². The Morgan fingerprint density at radius 3 is 2.69 bits per heavy atom. The van der Waals surface area contributed by atoms with Gasteiger partial charge in [-0.1, -0.05) is 32.0 Å². The van der Waals surface area contributed by atoms with Crippen molar-refractivity contribution in [2.24, 2.45) is 5.92 Å². The third-order valence-corrected chi connectivity index (χ3v) is 4.84. The summed E-state index contributed by atoms with van der Waals surface area (Å²) in [5.41, 5.74) is 2.44. The molecule has 1 saturated heterocycles. The Balaban J connectivity index is 1.73. The smallest absolute Gasteiger partial charge is 0.249 e. The van der Waals surface area contributed by atoms with Crippen molar-refractivity contribution in [3.8, 4) is 0 Å². The van der Waals surface area contributed by atoms with Crippen LogP contribution in [-0.2, 0) is 20.9 Å². The monoisotopic (exact) mass is 397 g/mol. The molecule has 2 atom stereocenters. The number of nitrogens with one attached hydrogen (secondary N) is 1. The van der Waals surface area contributed by atoms with E-state index in [9.17, 15) is 14.7 Å². The van der Waals surface area contributed by atoms with Crippen molar-refractivity contribution in [1.29, 1.82) is 0 Å². The molecule has 0 radical (unpaired) electrons. The maximum absolute atomic E-state index is 12.4. The van der Waals surface area contributed by atoms with E-state index in [0.717, 1.165) is 11.1 Å². The number of aliphatic hydroxyl groups is 1. The number of nitrogens with zero attached hydrogens (tertiary/aromatic N) is 2. The second kappa shape index (κ2) is 9.62. The Morgan fingerprint density at radius 1 is 1.31 bits per heavy atom. The molecule has 0 aliphatic carbocycles. The lowest BCUT2D eigenvalue weighted by Gasteiger charge is -2.40. The molecule has 1 aromatic carbocycles. The molecule has 2 amide bonds. The van der Waals surface area contributed by atoms with Gasteiger partial charge in [0.2, 0.25) is 11.8 Å².